The topological polar surface area (TPSA) is 166 Å². The first-order valence-corrected chi connectivity index (χ1v) is 22.8. The molecule has 0 radical (unpaired) electrons. The van der Waals surface area contributed by atoms with Crippen LogP contribution in [0.15, 0.2) is 95.7 Å². The minimum absolute atomic E-state index is 0.0343. The Morgan fingerprint density at radius 3 is 2.56 bits per heavy atom. The van der Waals surface area contributed by atoms with E-state index in [-0.39, 0.29) is 35.0 Å². The molecule has 63 heavy (non-hydrogen) atoms. The molecule has 2 aliphatic heterocycles. The first-order chi connectivity index (χ1) is 30.1. The molecule has 14 nitrogen and oxygen atoms in total. The van der Waals surface area contributed by atoms with Gasteiger partial charge in [-0.3, -0.25) is 24.7 Å². The molecule has 18 heteroatoms. The molecule has 2 aromatic heterocycles. The van der Waals surface area contributed by atoms with Crippen molar-refractivity contribution >= 4 is 61.2 Å². The molecule has 3 N–H and O–H groups in total. The smallest absolute Gasteiger partial charge is 0.293 e. The monoisotopic (exact) mass is 902 g/mol. The lowest BCUT2D eigenvalue weighted by molar-refractivity contribution is -0.384. The van der Waals surface area contributed by atoms with Gasteiger partial charge in [-0.2, -0.15) is 0 Å². The maximum absolute atomic E-state index is 13.9. The van der Waals surface area contributed by atoms with Crippen LogP contribution in [0, 0.1) is 15.5 Å². The van der Waals surface area contributed by atoms with Gasteiger partial charge in [-0.05, 0) is 90.8 Å². The number of fused-ring (bicyclic) bond motifs is 1. The fourth-order valence-corrected chi connectivity index (χ4v) is 9.81. The van der Waals surface area contributed by atoms with Crippen molar-refractivity contribution in [2.24, 2.45) is 5.41 Å². The molecule has 0 bridgehead atoms. The van der Waals surface area contributed by atoms with Crippen LogP contribution < -0.4 is 19.7 Å². The number of halogens is 3. The minimum atomic E-state index is -4.64. The number of H-pyrrole nitrogens is 1. The molecule has 4 heterocycles. The Balaban J connectivity index is 1.000. The lowest BCUT2D eigenvalue weighted by atomic mass is 9.72. The molecule has 2 fully saturated rings. The summed E-state index contributed by atoms with van der Waals surface area (Å²) in [5.41, 5.74) is 5.09. The van der Waals surface area contributed by atoms with Crippen LogP contribution in [0.2, 0.25) is 5.02 Å². The number of carbonyl (C=O) groups excluding carboxylic acids is 1. The molecule has 8 rings (SSSR count). The van der Waals surface area contributed by atoms with E-state index in [2.05, 4.69) is 55.8 Å². The minimum Gasteiger partial charge on any atom is -0.455 e. The Morgan fingerprint density at radius 1 is 1.03 bits per heavy atom. The number of nitro benzene ring substituents is 1. The number of carbonyl (C=O) groups is 1. The van der Waals surface area contributed by atoms with E-state index in [1.165, 1.54) is 35.0 Å². The predicted octanol–water partition coefficient (Wildman–Crippen LogP) is 8.57. The number of alkyl halides is 2. The molecule has 0 spiro atoms. The van der Waals surface area contributed by atoms with Gasteiger partial charge in [-0.1, -0.05) is 43.2 Å². The first kappa shape index (κ1) is 44.0. The van der Waals surface area contributed by atoms with E-state index in [0.29, 0.717) is 42.5 Å². The van der Waals surface area contributed by atoms with Crippen molar-refractivity contribution < 1.29 is 31.7 Å². The number of nitrogens with one attached hydrogen (secondary N) is 3. The SMILES string of the molecule is CC1(C)CCC(CN2CCN(c3ccc(C(=O)NS(=O)(=O)c4ccc(N[C@H]5CCN(CC(F)F)C5)c([N+](=O)[O-])c4)c(Oc4cnc5[nH]ccc5c4)c3)CC2)=C(c2ccc(Cl)cc2)C1. The number of likely N-dealkylation sites (tertiary alicyclic amines) is 1. The number of piperazine rings is 1. The van der Waals surface area contributed by atoms with E-state index in [4.69, 9.17) is 16.3 Å². The normalized spacial score (nSPS) is 18.6. The third-order valence-electron chi connectivity index (χ3n) is 12.1. The molecule has 1 amide bonds. The third kappa shape index (κ3) is 10.4. The average Bonchev–Trinajstić information content (AvgIpc) is 3.90. The Hall–Kier alpha value is -5.62. The summed E-state index contributed by atoms with van der Waals surface area (Å²) in [6.07, 6.45) is 4.34. The van der Waals surface area contributed by atoms with Crippen molar-refractivity contribution in [3.8, 4) is 11.5 Å². The summed E-state index contributed by atoms with van der Waals surface area (Å²) in [4.78, 5) is 38.4. The standard InChI is InChI=1S/C45H49ClF2N8O6S/c1-45(2)14-11-31(38(24-45)29-3-5-32(46)6-4-29)26-53-17-19-55(20-18-53)34-7-9-37(41(22-34)62-35-21-30-12-15-49-43(30)50-25-35)44(57)52-63(60,61)36-8-10-39(40(23-36)56(58)59)51-33-13-16-54(27-33)28-42(47)48/h3-10,12,15,21-23,25,33,42,51H,11,13-14,16-20,24,26-28H2,1-2H3,(H,49,50)(H,52,57)/t33-/m0/s1. The van der Waals surface area contributed by atoms with Crippen LogP contribution in [0.1, 0.15) is 55.5 Å². The van der Waals surface area contributed by atoms with Gasteiger partial charge in [0.25, 0.3) is 28.0 Å². The fraction of sp³-hybridized carbons (Fsp3) is 0.378. The quantitative estimate of drug-likeness (QED) is 0.0722. The van der Waals surface area contributed by atoms with Gasteiger partial charge in [-0.15, -0.1) is 0 Å². The molecule has 1 aliphatic carbocycles. The summed E-state index contributed by atoms with van der Waals surface area (Å²) < 4.78 is 61.6. The summed E-state index contributed by atoms with van der Waals surface area (Å²) >= 11 is 6.23. The maximum Gasteiger partial charge on any atom is 0.293 e. The second kappa shape index (κ2) is 18.2. The summed E-state index contributed by atoms with van der Waals surface area (Å²) in [5, 5.41) is 16.6. The number of rotatable bonds is 14. The van der Waals surface area contributed by atoms with Gasteiger partial charge in [-0.25, -0.2) is 26.9 Å². The number of nitro groups is 1. The zero-order chi connectivity index (χ0) is 44.5. The Kier molecular flexibility index (Phi) is 12.7. The number of aromatic amines is 1. The first-order valence-electron chi connectivity index (χ1n) is 20.9. The van der Waals surface area contributed by atoms with Crippen LogP contribution in [0.4, 0.5) is 25.8 Å². The zero-order valence-electron chi connectivity index (χ0n) is 35.0. The summed E-state index contributed by atoms with van der Waals surface area (Å²) in [6, 6.07) is 19.6. The zero-order valence-corrected chi connectivity index (χ0v) is 36.5. The molecule has 0 unspecified atom stereocenters. The van der Waals surface area contributed by atoms with Gasteiger partial charge in [0.1, 0.15) is 22.8 Å². The van der Waals surface area contributed by atoms with E-state index in [9.17, 15) is 32.1 Å². The molecule has 0 saturated carbocycles. The highest BCUT2D eigenvalue weighted by molar-refractivity contribution is 7.90. The lowest BCUT2D eigenvalue weighted by Gasteiger charge is -2.39. The van der Waals surface area contributed by atoms with Crippen LogP contribution in [0.3, 0.4) is 0 Å². The number of amides is 1. The molecule has 5 aromatic rings. The number of allylic oxidation sites excluding steroid dienone is 1. The highest BCUT2D eigenvalue weighted by Gasteiger charge is 2.31. The van der Waals surface area contributed by atoms with Crippen LogP contribution >= 0.6 is 11.6 Å². The molecular formula is C45H49ClF2N8O6S. The number of sulfonamides is 1. The number of nitrogens with zero attached hydrogens (tertiary/aromatic N) is 5. The van der Waals surface area contributed by atoms with Crippen molar-refractivity contribution in [1.29, 1.82) is 0 Å². The number of hydrogen-bond donors (Lipinski definition) is 3. The van der Waals surface area contributed by atoms with E-state index in [0.717, 1.165) is 62.1 Å². The van der Waals surface area contributed by atoms with Crippen molar-refractivity contribution in [2.45, 2.75) is 56.9 Å². The molecular weight excluding hydrogens is 854 g/mol. The number of benzene rings is 3. The van der Waals surface area contributed by atoms with Gasteiger partial charge >= 0.3 is 0 Å². The van der Waals surface area contributed by atoms with Gasteiger partial charge in [0.05, 0.1) is 28.1 Å². The summed E-state index contributed by atoms with van der Waals surface area (Å²) in [7, 11) is -4.64. The second-order valence-electron chi connectivity index (χ2n) is 17.2. The van der Waals surface area contributed by atoms with Crippen LogP contribution in [-0.2, 0) is 10.0 Å². The van der Waals surface area contributed by atoms with Crippen LogP contribution in [-0.4, -0.2) is 104 Å². The van der Waals surface area contributed by atoms with Crippen LogP contribution in [0.5, 0.6) is 11.5 Å². The average molecular weight is 903 g/mol. The number of pyridine rings is 1. The Labute approximate surface area is 369 Å². The Bertz CT molecular complexity index is 2650. The molecule has 2 saturated heterocycles. The fourth-order valence-electron chi connectivity index (χ4n) is 8.70. The van der Waals surface area contributed by atoms with E-state index < -0.39 is 44.4 Å². The van der Waals surface area contributed by atoms with Crippen molar-refractivity contribution in [3.05, 3.63) is 117 Å². The van der Waals surface area contributed by atoms with E-state index in [1.54, 1.807) is 29.3 Å². The van der Waals surface area contributed by atoms with Crippen molar-refractivity contribution in [1.82, 2.24) is 24.5 Å². The molecule has 3 aromatic carbocycles. The van der Waals surface area contributed by atoms with Gasteiger partial charge in [0.2, 0.25) is 0 Å². The number of hydrogen-bond acceptors (Lipinski definition) is 11. The van der Waals surface area contributed by atoms with Crippen molar-refractivity contribution in [2.75, 3.05) is 62.6 Å². The maximum atomic E-state index is 13.9. The number of ether oxygens (including phenoxy) is 1. The summed E-state index contributed by atoms with van der Waals surface area (Å²) in [5.74, 6) is -0.600. The van der Waals surface area contributed by atoms with Gasteiger partial charge in [0.15, 0.2) is 0 Å². The molecule has 332 valence electrons. The molecule has 1 atom stereocenters. The third-order valence-corrected chi connectivity index (χ3v) is 13.7. The largest absolute Gasteiger partial charge is 0.455 e. The van der Waals surface area contributed by atoms with Crippen molar-refractivity contribution in [3.63, 3.8) is 0 Å². The molecule has 3 aliphatic rings. The number of anilines is 2. The van der Waals surface area contributed by atoms with Crippen LogP contribution in [0.25, 0.3) is 16.6 Å². The number of aromatic nitrogens is 2. The predicted molar refractivity (Wildman–Crippen MR) is 239 cm³/mol. The van der Waals surface area contributed by atoms with E-state index in [1.807, 2.05) is 18.2 Å². The summed E-state index contributed by atoms with van der Waals surface area (Å²) in [6.45, 7) is 8.72. The highest BCUT2D eigenvalue weighted by Crippen LogP contribution is 2.43. The Morgan fingerprint density at radius 2 is 1.81 bits per heavy atom. The highest BCUT2D eigenvalue weighted by atomic mass is 35.5. The van der Waals surface area contributed by atoms with Gasteiger partial charge in [0, 0.05) is 86.3 Å². The van der Waals surface area contributed by atoms with E-state index >= 15 is 0 Å². The van der Waals surface area contributed by atoms with Gasteiger partial charge < -0.3 is 19.9 Å². The lowest BCUT2D eigenvalue weighted by Crippen LogP contribution is -2.47. The second-order valence-corrected chi connectivity index (χ2v) is 19.3.